The van der Waals surface area contributed by atoms with Gasteiger partial charge in [0.15, 0.2) is 0 Å². The number of benzene rings is 2. The average molecular weight is 634 g/mol. The Bertz CT molecular complexity index is 1220. The molecule has 4 aromatic rings. The van der Waals surface area contributed by atoms with Crippen molar-refractivity contribution in [2.45, 2.75) is 7.35 Å². The van der Waals surface area contributed by atoms with E-state index < -0.39 is 22.9 Å². The maximum absolute atomic E-state index is 4.73. The molecule has 0 aliphatic heterocycles. The predicted octanol–water partition coefficient (Wildman–Crippen LogP) is 0.458. The maximum Gasteiger partial charge on any atom is -1.00 e. The summed E-state index contributed by atoms with van der Waals surface area (Å²) in [4.78, 5) is 9.45. The van der Waals surface area contributed by atoms with E-state index in [4.69, 9.17) is 9.97 Å². The summed E-state index contributed by atoms with van der Waals surface area (Å²) < 4.78 is 0.990. The van der Waals surface area contributed by atoms with Crippen LogP contribution in [0.2, 0.25) is 0 Å². The quantitative estimate of drug-likeness (QED) is 0.306. The number of fused-ring (bicyclic) bond motifs is 2. The molecule has 0 spiro atoms. The molecule has 0 amide bonds. The summed E-state index contributed by atoms with van der Waals surface area (Å²) in [5.74, 6) is 0. The summed E-state index contributed by atoms with van der Waals surface area (Å²) in [7, 11) is 0. The Kier molecular flexibility index (Phi) is 7.43. The Balaban J connectivity index is 0.00000130. The van der Waals surface area contributed by atoms with E-state index in [2.05, 4.69) is 84.9 Å². The molecule has 2 aliphatic carbocycles. The van der Waals surface area contributed by atoms with Gasteiger partial charge in [0.1, 0.15) is 0 Å². The van der Waals surface area contributed by atoms with Crippen LogP contribution in [0.25, 0.3) is 23.3 Å². The first-order chi connectivity index (χ1) is 15.4. The van der Waals surface area contributed by atoms with Gasteiger partial charge in [-0.15, -0.1) is 0 Å². The van der Waals surface area contributed by atoms with Gasteiger partial charge in [-0.05, 0) is 0 Å². The fraction of sp³-hybridized carbons (Fsp3) is 0.0714. The van der Waals surface area contributed by atoms with E-state index in [1.165, 1.54) is 33.4 Å². The van der Waals surface area contributed by atoms with Gasteiger partial charge >= 0.3 is 194 Å². The molecule has 5 heteroatoms. The second-order valence-corrected chi connectivity index (χ2v) is 13.3. The first-order valence-electron chi connectivity index (χ1n) is 10.6. The van der Waals surface area contributed by atoms with Crippen molar-refractivity contribution in [2.75, 3.05) is 0 Å². The van der Waals surface area contributed by atoms with E-state index in [1.807, 2.05) is 24.5 Å². The standard InChI is InChI=1S/2C14H10N.2ClH.Hf/c2*1-2-6-12-10-13(9-11(12)5-1)14-7-3-4-8-15-14;;;/h2*1-10H;2*1H;/q;;;;+2/p-2. The van der Waals surface area contributed by atoms with Crippen LogP contribution in [0.1, 0.15) is 41.0 Å². The van der Waals surface area contributed by atoms with Crippen LogP contribution in [0.3, 0.4) is 0 Å². The third-order valence-electron chi connectivity index (χ3n) is 6.11. The van der Waals surface area contributed by atoms with Crippen molar-refractivity contribution >= 4 is 23.3 Å². The molecule has 2 aromatic carbocycles. The second-order valence-electron chi connectivity index (χ2n) is 7.92. The zero-order chi connectivity index (χ0) is 20.6. The molecule has 0 saturated carbocycles. The molecule has 160 valence electrons. The van der Waals surface area contributed by atoms with Gasteiger partial charge in [-0.25, -0.2) is 0 Å². The van der Waals surface area contributed by atoms with E-state index in [0.717, 1.165) is 11.4 Å². The minimum Gasteiger partial charge on any atom is -1.00 e. The number of pyridine rings is 2. The van der Waals surface area contributed by atoms with E-state index in [1.54, 1.807) is 0 Å². The fourth-order valence-electron chi connectivity index (χ4n) is 4.68. The van der Waals surface area contributed by atoms with Gasteiger partial charge in [0.25, 0.3) is 0 Å². The van der Waals surface area contributed by atoms with Gasteiger partial charge in [-0.1, -0.05) is 0 Å². The molecule has 2 aliphatic rings. The number of rotatable bonds is 4. The second kappa shape index (κ2) is 10.3. The van der Waals surface area contributed by atoms with Crippen molar-refractivity contribution in [2.24, 2.45) is 0 Å². The largest absolute Gasteiger partial charge is 1.00 e. The van der Waals surface area contributed by atoms with E-state index in [-0.39, 0.29) is 24.8 Å². The van der Waals surface area contributed by atoms with Crippen LogP contribution in [0.5, 0.6) is 0 Å². The predicted molar refractivity (Wildman–Crippen MR) is 123 cm³/mol. The first-order valence-corrected chi connectivity index (χ1v) is 14.7. The van der Waals surface area contributed by atoms with Crippen molar-refractivity contribution in [3.8, 4) is 0 Å². The molecule has 0 fully saturated rings. The molecular formula is C28H20Cl2HfN2. The van der Waals surface area contributed by atoms with Crippen LogP contribution < -0.4 is 24.8 Å². The monoisotopic (exact) mass is 634 g/mol. The average Bonchev–Trinajstić information content (AvgIpc) is 3.40. The van der Waals surface area contributed by atoms with Gasteiger partial charge in [0.05, 0.1) is 0 Å². The topological polar surface area (TPSA) is 25.8 Å². The molecule has 0 radical (unpaired) electrons. The summed E-state index contributed by atoms with van der Waals surface area (Å²) in [6.45, 7) is 0. The Morgan fingerprint density at radius 1 is 0.515 bits per heavy atom. The smallest absolute Gasteiger partial charge is 1.00 e. The molecule has 0 N–H and O–H groups in total. The van der Waals surface area contributed by atoms with Crippen LogP contribution in [-0.2, 0) is 22.9 Å². The Labute approximate surface area is 218 Å². The van der Waals surface area contributed by atoms with Crippen molar-refractivity contribution < 1.29 is 47.7 Å². The van der Waals surface area contributed by atoms with E-state index in [9.17, 15) is 0 Å². The Morgan fingerprint density at radius 2 is 0.939 bits per heavy atom. The molecule has 33 heavy (non-hydrogen) atoms. The Morgan fingerprint density at radius 3 is 1.36 bits per heavy atom. The van der Waals surface area contributed by atoms with Gasteiger partial charge < -0.3 is 24.8 Å². The summed E-state index contributed by atoms with van der Waals surface area (Å²) in [6, 6.07) is 30.3. The van der Waals surface area contributed by atoms with Crippen LogP contribution in [-0.4, -0.2) is 9.97 Å². The van der Waals surface area contributed by atoms with Gasteiger partial charge in [-0.2, -0.15) is 0 Å². The summed E-state index contributed by atoms with van der Waals surface area (Å²) in [5, 5.41) is 0. The zero-order valence-electron chi connectivity index (χ0n) is 17.7. The summed E-state index contributed by atoms with van der Waals surface area (Å²) in [5.41, 5.74) is 10.7. The SMILES string of the molecule is C1=C(c2ccccn2)[CH]([Hf+2][CH]2C(c3ccccn3)=Cc3ccccc32)c2ccccc21.[Cl-].[Cl-]. The molecular weight excluding hydrogens is 614 g/mol. The first kappa shape index (κ1) is 23.8. The van der Waals surface area contributed by atoms with Gasteiger partial charge in [-0.3, -0.25) is 0 Å². The van der Waals surface area contributed by atoms with Crippen molar-refractivity contribution in [3.63, 3.8) is 0 Å². The number of hydrogen-bond donors (Lipinski definition) is 0. The molecule has 2 nitrogen and oxygen atoms in total. The van der Waals surface area contributed by atoms with Crippen LogP contribution >= 0.6 is 0 Å². The molecule has 2 unspecified atom stereocenters. The normalized spacial score (nSPS) is 17.5. The molecule has 0 saturated heterocycles. The Hall–Kier alpha value is -2.33. The molecule has 2 aromatic heterocycles. The van der Waals surface area contributed by atoms with Crippen molar-refractivity contribution in [3.05, 3.63) is 131 Å². The molecule has 0 bridgehead atoms. The molecule has 2 atom stereocenters. The number of halogens is 2. The number of nitrogens with zero attached hydrogens (tertiary/aromatic N) is 2. The van der Waals surface area contributed by atoms with Crippen molar-refractivity contribution in [1.29, 1.82) is 0 Å². The minimum absolute atomic E-state index is 0. The zero-order valence-corrected chi connectivity index (χ0v) is 22.8. The van der Waals surface area contributed by atoms with Crippen LogP contribution in [0.15, 0.2) is 97.3 Å². The number of hydrogen-bond acceptors (Lipinski definition) is 2. The van der Waals surface area contributed by atoms with Gasteiger partial charge in [0.2, 0.25) is 0 Å². The van der Waals surface area contributed by atoms with Crippen LogP contribution in [0, 0.1) is 0 Å². The summed E-state index contributed by atoms with van der Waals surface area (Å²) >= 11 is -1.31. The maximum atomic E-state index is 4.73. The van der Waals surface area contributed by atoms with Gasteiger partial charge in [0, 0.05) is 0 Å². The van der Waals surface area contributed by atoms with Crippen LogP contribution in [0.4, 0.5) is 0 Å². The van der Waals surface area contributed by atoms with E-state index >= 15 is 0 Å². The summed E-state index contributed by atoms with van der Waals surface area (Å²) in [6.07, 6.45) is 8.57. The van der Waals surface area contributed by atoms with E-state index in [0.29, 0.717) is 7.35 Å². The number of allylic oxidation sites excluding steroid dienone is 2. The molecule has 6 rings (SSSR count). The fourth-order valence-corrected chi connectivity index (χ4v) is 12.0. The molecule has 2 heterocycles. The number of aromatic nitrogens is 2. The minimum atomic E-state index is -1.31. The third kappa shape index (κ3) is 4.42. The van der Waals surface area contributed by atoms with Crippen molar-refractivity contribution in [1.82, 2.24) is 9.97 Å². The third-order valence-corrected chi connectivity index (χ3v) is 13.0.